The number of aliphatic hydroxyl groups excluding tert-OH is 1. The number of nitrogens with zero attached hydrogens (tertiary/aromatic N) is 2. The van der Waals surface area contributed by atoms with Crippen molar-refractivity contribution in [3.05, 3.63) is 94.3 Å². The molecule has 2 heterocycles. The first-order valence-corrected chi connectivity index (χ1v) is 11.2. The van der Waals surface area contributed by atoms with Gasteiger partial charge in [-0.3, -0.25) is 19.5 Å². The molecule has 174 valence electrons. The SMILES string of the molecule is COc1ccc(/C(O)=C2/C(=O)C(=O)N(c3cccc(Cl)c3)C2c2ccncc2)cc1C(C)(C)C. The fourth-order valence-electron chi connectivity index (χ4n) is 4.18. The fourth-order valence-corrected chi connectivity index (χ4v) is 4.37. The van der Waals surface area contributed by atoms with Crippen LogP contribution in [0.25, 0.3) is 5.76 Å². The molecule has 1 amide bonds. The summed E-state index contributed by atoms with van der Waals surface area (Å²) in [6, 6.07) is 14.5. The monoisotopic (exact) mass is 476 g/mol. The fraction of sp³-hybridized carbons (Fsp3) is 0.222. The molecule has 1 aliphatic heterocycles. The molecule has 1 N–H and O–H groups in total. The van der Waals surface area contributed by atoms with Gasteiger partial charge < -0.3 is 9.84 Å². The summed E-state index contributed by atoms with van der Waals surface area (Å²) in [5.74, 6) is -1.09. The standard InChI is InChI=1S/C27H25ClN2O4/c1-27(2,3)20-14-17(8-9-21(20)34-4)24(31)22-23(16-10-12-29-13-11-16)30(26(33)25(22)32)19-7-5-6-18(28)15-19/h5-15,23,31H,1-4H3/b24-22-. The molecule has 0 bridgehead atoms. The lowest BCUT2D eigenvalue weighted by Crippen LogP contribution is -2.29. The Kier molecular flexibility index (Phi) is 6.19. The largest absolute Gasteiger partial charge is 0.507 e. The highest BCUT2D eigenvalue weighted by atomic mass is 35.5. The van der Waals surface area contributed by atoms with Crippen LogP contribution in [0.15, 0.2) is 72.6 Å². The summed E-state index contributed by atoms with van der Waals surface area (Å²) in [5.41, 5.74) is 2.11. The molecule has 6 nitrogen and oxygen atoms in total. The van der Waals surface area contributed by atoms with Crippen LogP contribution in [-0.2, 0) is 15.0 Å². The van der Waals surface area contributed by atoms with Gasteiger partial charge in [-0.1, -0.05) is 38.4 Å². The van der Waals surface area contributed by atoms with E-state index in [4.69, 9.17) is 16.3 Å². The smallest absolute Gasteiger partial charge is 0.300 e. The molecule has 0 saturated carbocycles. The molecule has 7 heteroatoms. The molecule has 0 radical (unpaired) electrons. The first-order valence-electron chi connectivity index (χ1n) is 10.8. The minimum atomic E-state index is -0.846. The molecular formula is C27H25ClN2O4. The van der Waals surface area contributed by atoms with Crippen molar-refractivity contribution < 1.29 is 19.4 Å². The predicted molar refractivity (Wildman–Crippen MR) is 132 cm³/mol. The molecular weight excluding hydrogens is 452 g/mol. The number of benzene rings is 2. The Bertz CT molecular complexity index is 1300. The summed E-state index contributed by atoms with van der Waals surface area (Å²) < 4.78 is 5.50. The number of rotatable bonds is 4. The average molecular weight is 477 g/mol. The molecule has 2 aromatic carbocycles. The van der Waals surface area contributed by atoms with Crippen molar-refractivity contribution in [2.24, 2.45) is 0 Å². The van der Waals surface area contributed by atoms with E-state index < -0.39 is 17.7 Å². The first kappa shape index (κ1) is 23.5. The van der Waals surface area contributed by atoms with Crippen LogP contribution in [0.4, 0.5) is 5.69 Å². The summed E-state index contributed by atoms with van der Waals surface area (Å²) in [4.78, 5) is 31.9. The molecule has 34 heavy (non-hydrogen) atoms. The Morgan fingerprint density at radius 2 is 1.76 bits per heavy atom. The topological polar surface area (TPSA) is 79.7 Å². The van der Waals surface area contributed by atoms with Crippen LogP contribution in [0, 0.1) is 0 Å². The highest BCUT2D eigenvalue weighted by molar-refractivity contribution is 6.51. The van der Waals surface area contributed by atoms with Gasteiger partial charge in [0.25, 0.3) is 11.7 Å². The van der Waals surface area contributed by atoms with Crippen molar-refractivity contribution in [1.82, 2.24) is 4.98 Å². The maximum atomic E-state index is 13.3. The number of hydrogen-bond acceptors (Lipinski definition) is 5. The second-order valence-corrected chi connectivity index (χ2v) is 9.53. The van der Waals surface area contributed by atoms with Crippen LogP contribution in [-0.4, -0.2) is 28.9 Å². The van der Waals surface area contributed by atoms with Crippen LogP contribution in [0.1, 0.15) is 43.5 Å². The lowest BCUT2D eigenvalue weighted by molar-refractivity contribution is -0.132. The van der Waals surface area contributed by atoms with Crippen molar-refractivity contribution in [2.75, 3.05) is 12.0 Å². The Morgan fingerprint density at radius 1 is 1.06 bits per heavy atom. The molecule has 1 aromatic heterocycles. The lowest BCUT2D eigenvalue weighted by Gasteiger charge is -2.26. The minimum Gasteiger partial charge on any atom is -0.507 e. The predicted octanol–water partition coefficient (Wildman–Crippen LogP) is 5.67. The number of methoxy groups -OCH3 is 1. The highest BCUT2D eigenvalue weighted by Crippen LogP contribution is 2.43. The average Bonchev–Trinajstić information content (AvgIpc) is 3.08. The van der Waals surface area contributed by atoms with E-state index in [0.717, 1.165) is 5.56 Å². The number of ether oxygens (including phenoxy) is 1. The molecule has 0 aliphatic carbocycles. The van der Waals surface area contributed by atoms with Crippen molar-refractivity contribution >= 4 is 34.7 Å². The summed E-state index contributed by atoms with van der Waals surface area (Å²) in [6.45, 7) is 6.09. The van der Waals surface area contributed by atoms with Gasteiger partial charge in [-0.25, -0.2) is 0 Å². The lowest BCUT2D eigenvalue weighted by atomic mass is 9.84. The van der Waals surface area contributed by atoms with Crippen molar-refractivity contribution in [2.45, 2.75) is 32.2 Å². The maximum absolute atomic E-state index is 13.3. The van der Waals surface area contributed by atoms with Crippen molar-refractivity contribution in [1.29, 1.82) is 0 Å². The minimum absolute atomic E-state index is 0.00111. The van der Waals surface area contributed by atoms with Gasteiger partial charge >= 0.3 is 0 Å². The van der Waals surface area contributed by atoms with Gasteiger partial charge in [-0.15, -0.1) is 0 Å². The second kappa shape index (κ2) is 8.95. The van der Waals surface area contributed by atoms with E-state index in [1.807, 2.05) is 20.8 Å². The van der Waals surface area contributed by atoms with Gasteiger partial charge in [0.15, 0.2) is 0 Å². The third-order valence-electron chi connectivity index (χ3n) is 5.83. The number of aromatic nitrogens is 1. The van der Waals surface area contributed by atoms with Crippen molar-refractivity contribution in [3.63, 3.8) is 0 Å². The summed E-state index contributed by atoms with van der Waals surface area (Å²) in [5, 5.41) is 11.8. The van der Waals surface area contributed by atoms with Gasteiger partial charge in [0, 0.05) is 34.2 Å². The van der Waals surface area contributed by atoms with Crippen LogP contribution < -0.4 is 9.64 Å². The zero-order valence-electron chi connectivity index (χ0n) is 19.4. The van der Waals surface area contributed by atoms with E-state index in [1.54, 1.807) is 74.1 Å². The van der Waals surface area contributed by atoms with Gasteiger partial charge in [0.05, 0.1) is 18.7 Å². The number of amides is 1. The number of anilines is 1. The van der Waals surface area contributed by atoms with Crippen LogP contribution >= 0.6 is 11.6 Å². The normalized spacial score (nSPS) is 17.8. The molecule has 1 unspecified atom stereocenters. The molecule has 3 aromatic rings. The van der Waals surface area contributed by atoms with Crippen molar-refractivity contribution in [3.8, 4) is 5.75 Å². The Labute approximate surface area is 203 Å². The van der Waals surface area contributed by atoms with E-state index in [-0.39, 0.29) is 16.7 Å². The molecule has 1 atom stereocenters. The molecule has 1 saturated heterocycles. The van der Waals surface area contributed by atoms with E-state index >= 15 is 0 Å². The molecule has 1 aliphatic rings. The number of carbonyl (C=O) groups excluding carboxylic acids is 2. The van der Waals surface area contributed by atoms with E-state index in [9.17, 15) is 14.7 Å². The summed E-state index contributed by atoms with van der Waals surface area (Å²) >= 11 is 6.18. The Balaban J connectivity index is 1.95. The number of aliphatic hydroxyl groups is 1. The number of hydrogen-bond donors (Lipinski definition) is 1. The third-order valence-corrected chi connectivity index (χ3v) is 6.07. The number of pyridine rings is 1. The van der Waals surface area contributed by atoms with E-state index in [2.05, 4.69) is 4.98 Å². The van der Waals surface area contributed by atoms with E-state index in [0.29, 0.717) is 27.6 Å². The molecule has 4 rings (SSSR count). The zero-order chi connectivity index (χ0) is 24.6. The maximum Gasteiger partial charge on any atom is 0.300 e. The summed E-state index contributed by atoms with van der Waals surface area (Å²) in [7, 11) is 1.59. The number of halogens is 1. The summed E-state index contributed by atoms with van der Waals surface area (Å²) in [6.07, 6.45) is 3.16. The van der Waals surface area contributed by atoms with Gasteiger partial charge in [-0.05, 0) is 59.5 Å². The van der Waals surface area contributed by atoms with Gasteiger partial charge in [0.1, 0.15) is 11.5 Å². The third kappa shape index (κ3) is 4.17. The first-order chi connectivity index (χ1) is 16.1. The quantitative estimate of drug-likeness (QED) is 0.298. The van der Waals surface area contributed by atoms with Crippen LogP contribution in [0.3, 0.4) is 0 Å². The number of ketones is 1. The molecule has 0 spiro atoms. The van der Waals surface area contributed by atoms with E-state index in [1.165, 1.54) is 4.90 Å². The van der Waals surface area contributed by atoms with Gasteiger partial charge in [-0.2, -0.15) is 0 Å². The van der Waals surface area contributed by atoms with Gasteiger partial charge in [0.2, 0.25) is 0 Å². The number of Topliss-reactive ketones (excluding diaryl/α,β-unsaturated/α-hetero) is 1. The van der Waals surface area contributed by atoms with Crippen LogP contribution in [0.2, 0.25) is 5.02 Å². The second-order valence-electron chi connectivity index (χ2n) is 9.09. The highest BCUT2D eigenvalue weighted by Gasteiger charge is 2.47. The zero-order valence-corrected chi connectivity index (χ0v) is 20.1. The molecule has 1 fully saturated rings. The van der Waals surface area contributed by atoms with Crippen LogP contribution in [0.5, 0.6) is 5.75 Å². The Hall–Kier alpha value is -3.64. The Morgan fingerprint density at radius 3 is 2.38 bits per heavy atom. The number of carbonyl (C=O) groups is 2.